The fourth-order valence-electron chi connectivity index (χ4n) is 2.62. The van der Waals surface area contributed by atoms with E-state index in [1.165, 1.54) is 11.3 Å². The summed E-state index contributed by atoms with van der Waals surface area (Å²) in [4.78, 5) is 13.1. The van der Waals surface area contributed by atoms with E-state index in [1.54, 1.807) is 12.1 Å². The lowest BCUT2D eigenvalue weighted by molar-refractivity contribution is 0.0829. The summed E-state index contributed by atoms with van der Waals surface area (Å²) in [6.07, 6.45) is 3.61. The average molecular weight is 327 g/mol. The van der Waals surface area contributed by atoms with Gasteiger partial charge in [0.05, 0.1) is 21.4 Å². The fraction of sp³-hybridized carbons (Fsp3) is 0.429. The van der Waals surface area contributed by atoms with Gasteiger partial charge in [-0.2, -0.15) is 0 Å². The van der Waals surface area contributed by atoms with Crippen LogP contribution in [0.1, 0.15) is 36.2 Å². The maximum atomic E-state index is 12.2. The molecular formula is C14H15ClN2O3S. The highest BCUT2D eigenvalue weighted by atomic mass is 35.5. The number of nitrogens with zero attached hydrogens (tertiary/aromatic N) is 1. The van der Waals surface area contributed by atoms with Crippen LogP contribution in [0.5, 0.6) is 0 Å². The topological polar surface area (TPSA) is 75.4 Å². The minimum atomic E-state index is -0.511. The lowest BCUT2D eigenvalue weighted by Gasteiger charge is -2.27. The molecule has 7 heteroatoms. The Bertz CT molecular complexity index is 646. The van der Waals surface area contributed by atoms with Gasteiger partial charge in [0.15, 0.2) is 11.5 Å². The summed E-state index contributed by atoms with van der Waals surface area (Å²) in [5.74, 6) is 0.199. The molecule has 0 atom stereocenters. The maximum absolute atomic E-state index is 12.2. The number of hydrogen-bond acceptors (Lipinski definition) is 5. The molecule has 112 valence electrons. The van der Waals surface area contributed by atoms with Gasteiger partial charge in [0.1, 0.15) is 0 Å². The molecule has 21 heavy (non-hydrogen) atoms. The zero-order chi connectivity index (χ0) is 14.9. The lowest BCUT2D eigenvalue weighted by Crippen LogP contribution is -2.49. The second-order valence-electron chi connectivity index (χ2n) is 5.28. The van der Waals surface area contributed by atoms with E-state index < -0.39 is 5.54 Å². The van der Waals surface area contributed by atoms with Crippen LogP contribution in [0, 0.1) is 0 Å². The fourth-order valence-corrected chi connectivity index (χ4v) is 3.62. The van der Waals surface area contributed by atoms with Crippen molar-refractivity contribution in [2.45, 2.75) is 31.2 Å². The Balaban J connectivity index is 1.75. The summed E-state index contributed by atoms with van der Waals surface area (Å²) in [5.41, 5.74) is -0.295. The van der Waals surface area contributed by atoms with Gasteiger partial charge in [0, 0.05) is 6.07 Å². The molecule has 2 aromatic heterocycles. The number of nitrogens with one attached hydrogen (secondary N) is 1. The number of aliphatic hydroxyl groups excluding tert-OH is 1. The molecular weight excluding hydrogens is 312 g/mol. The van der Waals surface area contributed by atoms with Gasteiger partial charge in [-0.15, -0.1) is 11.3 Å². The Morgan fingerprint density at radius 1 is 1.48 bits per heavy atom. The van der Waals surface area contributed by atoms with Crippen LogP contribution in [0.3, 0.4) is 0 Å². The Morgan fingerprint density at radius 2 is 2.24 bits per heavy atom. The number of rotatable bonds is 4. The van der Waals surface area contributed by atoms with E-state index in [0.717, 1.165) is 30.6 Å². The van der Waals surface area contributed by atoms with Crippen molar-refractivity contribution in [3.63, 3.8) is 0 Å². The molecule has 2 N–H and O–H groups in total. The molecule has 1 saturated carbocycles. The second-order valence-corrected chi connectivity index (χ2v) is 6.99. The van der Waals surface area contributed by atoms with Crippen molar-refractivity contribution in [2.75, 3.05) is 6.61 Å². The highest BCUT2D eigenvalue weighted by Crippen LogP contribution is 2.32. The van der Waals surface area contributed by atoms with E-state index >= 15 is 0 Å². The van der Waals surface area contributed by atoms with Crippen molar-refractivity contribution >= 4 is 28.8 Å². The molecule has 3 rings (SSSR count). The average Bonchev–Trinajstić information content (AvgIpc) is 3.18. The first-order valence-electron chi connectivity index (χ1n) is 6.78. The Kier molecular flexibility index (Phi) is 4.01. The molecule has 0 bridgehead atoms. The zero-order valence-corrected chi connectivity index (χ0v) is 12.8. The molecule has 5 nitrogen and oxygen atoms in total. The van der Waals surface area contributed by atoms with Crippen molar-refractivity contribution in [3.8, 4) is 10.6 Å². The first-order chi connectivity index (χ1) is 10.1. The smallest absolute Gasteiger partial charge is 0.273 e. The highest BCUT2D eigenvalue weighted by Gasteiger charge is 2.35. The summed E-state index contributed by atoms with van der Waals surface area (Å²) in [6, 6.07) is 5.18. The molecule has 2 heterocycles. The quantitative estimate of drug-likeness (QED) is 0.905. The van der Waals surface area contributed by atoms with Crippen LogP contribution in [-0.2, 0) is 0 Å². The third-order valence-electron chi connectivity index (χ3n) is 3.80. The molecule has 2 aromatic rings. The van der Waals surface area contributed by atoms with Crippen LogP contribution < -0.4 is 5.32 Å². The number of amides is 1. The number of thiophene rings is 1. The number of carbonyl (C=O) groups is 1. The number of carbonyl (C=O) groups excluding carboxylic acids is 1. The molecule has 1 aliphatic carbocycles. The second kappa shape index (κ2) is 5.79. The minimum Gasteiger partial charge on any atom is -0.394 e. The van der Waals surface area contributed by atoms with Crippen LogP contribution in [0.25, 0.3) is 10.6 Å². The van der Waals surface area contributed by atoms with Crippen molar-refractivity contribution in [1.82, 2.24) is 10.5 Å². The minimum absolute atomic E-state index is 0.0516. The molecule has 0 saturated heterocycles. The Hall–Kier alpha value is -1.37. The van der Waals surface area contributed by atoms with E-state index in [0.29, 0.717) is 10.1 Å². The number of aromatic nitrogens is 1. The van der Waals surface area contributed by atoms with E-state index in [9.17, 15) is 9.90 Å². The zero-order valence-electron chi connectivity index (χ0n) is 11.3. The third-order valence-corrected chi connectivity index (χ3v) is 5.05. The first-order valence-corrected chi connectivity index (χ1v) is 7.97. The van der Waals surface area contributed by atoms with Crippen LogP contribution >= 0.6 is 22.9 Å². The van der Waals surface area contributed by atoms with Gasteiger partial charge >= 0.3 is 0 Å². The summed E-state index contributed by atoms with van der Waals surface area (Å²) in [7, 11) is 0. The summed E-state index contributed by atoms with van der Waals surface area (Å²) >= 11 is 7.24. The lowest BCUT2D eigenvalue weighted by atomic mass is 9.99. The number of aliphatic hydroxyl groups is 1. The molecule has 1 aliphatic rings. The predicted octanol–water partition coefficient (Wildman–Crippen LogP) is 3.09. The van der Waals surface area contributed by atoms with Gasteiger partial charge in [0.2, 0.25) is 0 Å². The van der Waals surface area contributed by atoms with Gasteiger partial charge in [-0.3, -0.25) is 4.79 Å². The van der Waals surface area contributed by atoms with E-state index in [2.05, 4.69) is 10.5 Å². The van der Waals surface area contributed by atoms with E-state index in [4.69, 9.17) is 16.1 Å². The van der Waals surface area contributed by atoms with Crippen LogP contribution in [0.2, 0.25) is 4.34 Å². The predicted molar refractivity (Wildman–Crippen MR) is 80.6 cm³/mol. The van der Waals surface area contributed by atoms with E-state index in [1.807, 2.05) is 6.07 Å². The molecule has 0 aliphatic heterocycles. The molecule has 0 aromatic carbocycles. The molecule has 1 amide bonds. The molecule has 0 radical (unpaired) electrons. The summed E-state index contributed by atoms with van der Waals surface area (Å²) in [5, 5.41) is 16.2. The van der Waals surface area contributed by atoms with Crippen molar-refractivity contribution in [1.29, 1.82) is 0 Å². The normalized spacial score (nSPS) is 17.0. The monoisotopic (exact) mass is 326 g/mol. The highest BCUT2D eigenvalue weighted by molar-refractivity contribution is 7.19. The summed E-state index contributed by atoms with van der Waals surface area (Å²) < 4.78 is 5.85. The SMILES string of the molecule is O=C(NC1(CO)CCCC1)c1cc(-c2ccc(Cl)s2)on1. The standard InChI is InChI=1S/C14H15ClN2O3S/c15-12-4-3-11(21-12)10-7-9(17-20-10)13(19)16-14(8-18)5-1-2-6-14/h3-4,7,18H,1-2,5-6,8H2,(H,16,19). The number of hydrogen-bond donors (Lipinski definition) is 2. The largest absolute Gasteiger partial charge is 0.394 e. The van der Waals surface area contributed by atoms with Crippen LogP contribution in [0.4, 0.5) is 0 Å². The molecule has 0 unspecified atom stereocenters. The third kappa shape index (κ3) is 2.97. The van der Waals surface area contributed by atoms with E-state index in [-0.39, 0.29) is 18.2 Å². The Labute approximate surface area is 130 Å². The first kappa shape index (κ1) is 14.6. The van der Waals surface area contributed by atoms with Crippen LogP contribution in [0.15, 0.2) is 22.7 Å². The van der Waals surface area contributed by atoms with Gasteiger partial charge < -0.3 is 14.9 Å². The summed E-state index contributed by atoms with van der Waals surface area (Å²) in [6.45, 7) is -0.0516. The van der Waals surface area contributed by atoms with Gasteiger partial charge in [-0.25, -0.2) is 0 Å². The molecule has 0 spiro atoms. The maximum Gasteiger partial charge on any atom is 0.273 e. The van der Waals surface area contributed by atoms with Gasteiger partial charge in [-0.1, -0.05) is 29.6 Å². The van der Waals surface area contributed by atoms with Crippen LogP contribution in [-0.4, -0.2) is 28.3 Å². The Morgan fingerprint density at radius 3 is 2.86 bits per heavy atom. The van der Waals surface area contributed by atoms with Crippen molar-refractivity contribution in [2.24, 2.45) is 0 Å². The van der Waals surface area contributed by atoms with Gasteiger partial charge in [-0.05, 0) is 25.0 Å². The van der Waals surface area contributed by atoms with Gasteiger partial charge in [0.25, 0.3) is 5.91 Å². The number of halogens is 1. The van der Waals surface area contributed by atoms with Crippen molar-refractivity contribution in [3.05, 3.63) is 28.2 Å². The van der Waals surface area contributed by atoms with Crippen molar-refractivity contribution < 1.29 is 14.4 Å². The molecule has 1 fully saturated rings.